The van der Waals surface area contributed by atoms with Crippen LogP contribution in [0.15, 0.2) is 47.2 Å². The van der Waals surface area contributed by atoms with Crippen LogP contribution in [0.3, 0.4) is 0 Å². The van der Waals surface area contributed by atoms with Crippen LogP contribution < -0.4 is 5.73 Å². The number of fused-ring (bicyclic) bond motifs is 1. The quantitative estimate of drug-likeness (QED) is 0.825. The van der Waals surface area contributed by atoms with Gasteiger partial charge in [0, 0.05) is 11.5 Å². The summed E-state index contributed by atoms with van der Waals surface area (Å²) in [4.78, 5) is 0. The molecule has 2 aliphatic rings. The van der Waals surface area contributed by atoms with Crippen LogP contribution in [0.1, 0.15) is 30.7 Å². The second-order valence-electron chi connectivity index (χ2n) is 6.17. The van der Waals surface area contributed by atoms with E-state index in [1.165, 1.54) is 0 Å². The molecule has 0 aromatic heterocycles. The summed E-state index contributed by atoms with van der Waals surface area (Å²) in [5.41, 5.74) is 6.07. The highest BCUT2D eigenvalue weighted by molar-refractivity contribution is 5.60. The average molecular weight is 316 g/mol. The Bertz CT molecular complexity index is 862. The molecule has 0 aliphatic heterocycles. The maximum Gasteiger partial charge on any atom is 0.191 e. The van der Waals surface area contributed by atoms with Gasteiger partial charge in [-0.05, 0) is 36.8 Å². The van der Waals surface area contributed by atoms with E-state index in [1.807, 2.05) is 6.08 Å². The molecule has 2 aliphatic carbocycles. The number of allylic oxidation sites excluding steroid dienone is 4. The first kappa shape index (κ1) is 15.7. The van der Waals surface area contributed by atoms with Gasteiger partial charge in [-0.3, -0.25) is 0 Å². The molecule has 0 radical (unpaired) electrons. The van der Waals surface area contributed by atoms with Gasteiger partial charge < -0.3 is 10.8 Å². The molecule has 1 aromatic carbocycles. The van der Waals surface area contributed by atoms with Crippen molar-refractivity contribution in [2.24, 2.45) is 17.1 Å². The van der Waals surface area contributed by atoms with E-state index in [-0.39, 0.29) is 22.9 Å². The lowest BCUT2D eigenvalue weighted by molar-refractivity contribution is 0.308. The molecule has 0 heterocycles. The van der Waals surface area contributed by atoms with Gasteiger partial charge in [-0.1, -0.05) is 24.3 Å². The number of nitrogens with zero attached hydrogens (tertiary/aromatic N) is 3. The minimum atomic E-state index is -1.66. The van der Waals surface area contributed by atoms with E-state index < -0.39 is 11.3 Å². The van der Waals surface area contributed by atoms with E-state index in [9.17, 15) is 20.9 Å². The number of hydrogen-bond donors (Lipinski definition) is 2. The minimum Gasteiger partial charge on any atom is -0.508 e. The van der Waals surface area contributed by atoms with Crippen molar-refractivity contribution < 1.29 is 5.11 Å². The molecule has 0 unspecified atom stereocenters. The number of hydrogen-bond acceptors (Lipinski definition) is 5. The number of rotatable bonds is 1. The lowest BCUT2D eigenvalue weighted by Gasteiger charge is -2.43. The van der Waals surface area contributed by atoms with E-state index in [4.69, 9.17) is 5.73 Å². The Labute approximate surface area is 140 Å². The van der Waals surface area contributed by atoms with Crippen LogP contribution in [0.25, 0.3) is 0 Å². The standard InChI is InChI=1S/C19H16N4O/c20-9-15-12-5-1-2-6-13(12)17(14-7-3-4-8-16(14)24)19(10-21,11-22)18(15)23/h3-5,7-8,13,17,24H,1-2,6,23H2/t13-,17-/m0/s1. The summed E-state index contributed by atoms with van der Waals surface area (Å²) in [6.45, 7) is 0. The first-order chi connectivity index (χ1) is 11.6. The van der Waals surface area contributed by atoms with Gasteiger partial charge in [-0.25, -0.2) is 0 Å². The van der Waals surface area contributed by atoms with Crippen molar-refractivity contribution in [3.05, 3.63) is 52.7 Å². The van der Waals surface area contributed by atoms with Crippen LogP contribution in [0.4, 0.5) is 0 Å². The van der Waals surface area contributed by atoms with Crippen molar-refractivity contribution in [2.75, 3.05) is 0 Å². The van der Waals surface area contributed by atoms with Gasteiger partial charge in [0.1, 0.15) is 11.8 Å². The van der Waals surface area contributed by atoms with Crippen molar-refractivity contribution in [2.45, 2.75) is 25.2 Å². The molecule has 5 nitrogen and oxygen atoms in total. The summed E-state index contributed by atoms with van der Waals surface area (Å²) in [6.07, 6.45) is 4.47. The summed E-state index contributed by atoms with van der Waals surface area (Å²) < 4.78 is 0. The predicted octanol–water partition coefficient (Wildman–Crippen LogP) is 2.99. The number of nitrogens with two attached hydrogens (primary N) is 1. The van der Waals surface area contributed by atoms with Gasteiger partial charge >= 0.3 is 0 Å². The first-order valence-corrected chi connectivity index (χ1v) is 7.81. The Kier molecular flexibility index (Phi) is 3.76. The molecule has 0 saturated heterocycles. The largest absolute Gasteiger partial charge is 0.508 e. The third-order valence-electron chi connectivity index (χ3n) is 5.07. The van der Waals surface area contributed by atoms with Crippen molar-refractivity contribution in [3.63, 3.8) is 0 Å². The molecule has 0 saturated carbocycles. The number of aromatic hydroxyl groups is 1. The van der Waals surface area contributed by atoms with Crippen LogP contribution in [0.5, 0.6) is 5.75 Å². The van der Waals surface area contributed by atoms with Gasteiger partial charge in [0.2, 0.25) is 0 Å². The number of nitriles is 3. The lowest BCUT2D eigenvalue weighted by Crippen LogP contribution is -2.42. The van der Waals surface area contributed by atoms with Gasteiger partial charge in [-0.2, -0.15) is 15.8 Å². The third-order valence-corrected chi connectivity index (χ3v) is 5.07. The fourth-order valence-electron chi connectivity index (χ4n) is 3.97. The fourth-order valence-corrected chi connectivity index (χ4v) is 3.97. The van der Waals surface area contributed by atoms with Gasteiger partial charge in [-0.15, -0.1) is 0 Å². The van der Waals surface area contributed by atoms with Crippen LogP contribution in [-0.2, 0) is 0 Å². The van der Waals surface area contributed by atoms with Crippen LogP contribution in [0.2, 0.25) is 0 Å². The Morgan fingerprint density at radius 1 is 1.17 bits per heavy atom. The smallest absolute Gasteiger partial charge is 0.191 e. The Morgan fingerprint density at radius 2 is 1.88 bits per heavy atom. The highest BCUT2D eigenvalue weighted by Crippen LogP contribution is 2.56. The molecule has 118 valence electrons. The first-order valence-electron chi connectivity index (χ1n) is 7.81. The van der Waals surface area contributed by atoms with E-state index in [2.05, 4.69) is 18.2 Å². The zero-order chi connectivity index (χ0) is 17.3. The molecule has 0 bridgehead atoms. The Balaban J connectivity index is 2.37. The van der Waals surface area contributed by atoms with Crippen molar-refractivity contribution in [3.8, 4) is 24.0 Å². The molecule has 5 heteroatoms. The molecule has 0 spiro atoms. The van der Waals surface area contributed by atoms with E-state index >= 15 is 0 Å². The Morgan fingerprint density at radius 3 is 2.50 bits per heavy atom. The molecule has 3 N–H and O–H groups in total. The maximum absolute atomic E-state index is 10.3. The molecule has 0 amide bonds. The number of phenols is 1. The van der Waals surface area contributed by atoms with Gasteiger partial charge in [0.05, 0.1) is 23.4 Å². The zero-order valence-electron chi connectivity index (χ0n) is 13.0. The molecular weight excluding hydrogens is 300 g/mol. The minimum absolute atomic E-state index is 0.00680. The average Bonchev–Trinajstić information content (AvgIpc) is 2.62. The van der Waals surface area contributed by atoms with E-state index in [1.54, 1.807) is 24.3 Å². The predicted molar refractivity (Wildman–Crippen MR) is 86.8 cm³/mol. The second-order valence-corrected chi connectivity index (χ2v) is 6.17. The van der Waals surface area contributed by atoms with Gasteiger partial charge in [0.25, 0.3) is 0 Å². The molecule has 2 atom stereocenters. The monoisotopic (exact) mass is 316 g/mol. The summed E-state index contributed by atoms with van der Waals surface area (Å²) in [6, 6.07) is 12.9. The highest BCUT2D eigenvalue weighted by atomic mass is 16.3. The van der Waals surface area contributed by atoms with E-state index in [0.29, 0.717) is 5.56 Å². The third kappa shape index (κ3) is 1.98. The zero-order valence-corrected chi connectivity index (χ0v) is 13.0. The van der Waals surface area contributed by atoms with Crippen molar-refractivity contribution >= 4 is 0 Å². The Hall–Kier alpha value is -3.23. The van der Waals surface area contributed by atoms with E-state index in [0.717, 1.165) is 24.8 Å². The molecule has 24 heavy (non-hydrogen) atoms. The topological polar surface area (TPSA) is 118 Å². The number of phenolic OH excluding ortho intramolecular Hbond substituents is 1. The normalized spacial score (nSPS) is 24.8. The molecule has 3 rings (SSSR count). The molecule has 0 fully saturated rings. The molecule has 1 aromatic rings. The number of benzene rings is 1. The van der Waals surface area contributed by atoms with Crippen LogP contribution >= 0.6 is 0 Å². The summed E-state index contributed by atoms with van der Waals surface area (Å²) >= 11 is 0. The SMILES string of the molecule is N#CC1=C(N)C(C#N)(C#N)[C@H](c2ccccc2O)[C@H]2CCCC=C12. The lowest BCUT2D eigenvalue weighted by atomic mass is 9.56. The van der Waals surface area contributed by atoms with Crippen LogP contribution in [-0.4, -0.2) is 5.11 Å². The highest BCUT2D eigenvalue weighted by Gasteiger charge is 2.54. The van der Waals surface area contributed by atoms with Crippen LogP contribution in [0, 0.1) is 45.3 Å². The number of para-hydroxylation sites is 1. The van der Waals surface area contributed by atoms with Crippen molar-refractivity contribution in [1.29, 1.82) is 15.8 Å². The summed E-state index contributed by atoms with van der Waals surface area (Å²) in [5, 5.41) is 39.5. The maximum atomic E-state index is 10.3. The van der Waals surface area contributed by atoms with Crippen molar-refractivity contribution in [1.82, 2.24) is 0 Å². The summed E-state index contributed by atoms with van der Waals surface area (Å²) in [7, 11) is 0. The second kappa shape index (κ2) is 5.76. The summed E-state index contributed by atoms with van der Waals surface area (Å²) in [5.74, 6) is -0.749. The fraction of sp³-hybridized carbons (Fsp3) is 0.316. The molecular formula is C19H16N4O. The van der Waals surface area contributed by atoms with Gasteiger partial charge in [0.15, 0.2) is 5.41 Å².